The van der Waals surface area contributed by atoms with Gasteiger partial charge in [-0.05, 0) is 6.92 Å². The maximum Gasteiger partial charge on any atom is 0.319 e. The Morgan fingerprint density at radius 3 is 2.15 bits per heavy atom. The Balaban J connectivity index is 4.98. The Kier molecular flexibility index (Phi) is 3.86. The number of aliphatic carboxylic acids is 2. The maximum atomic E-state index is 11.6. The zero-order valence-corrected chi connectivity index (χ0v) is 8.08. The van der Waals surface area contributed by atoms with Crippen LogP contribution in [0.25, 0.3) is 0 Å². The predicted molar refractivity (Wildman–Crippen MR) is 46.1 cm³/mol. The van der Waals surface area contributed by atoms with Crippen LogP contribution >= 0.6 is 0 Å². The first kappa shape index (κ1) is 11.9. The van der Waals surface area contributed by atoms with E-state index in [2.05, 4.69) is 4.36 Å². The highest BCUT2D eigenvalue weighted by Gasteiger charge is 2.27. The summed E-state index contributed by atoms with van der Waals surface area (Å²) in [6, 6.07) is 0. The second-order valence-electron chi connectivity index (χ2n) is 2.39. The number of hydrogen-bond acceptors (Lipinski definition) is 4. The summed E-state index contributed by atoms with van der Waals surface area (Å²) in [5.41, 5.74) is 0. The zero-order chi connectivity index (χ0) is 10.6. The molecule has 0 radical (unpaired) electrons. The van der Waals surface area contributed by atoms with Crippen LogP contribution in [0.4, 0.5) is 0 Å². The van der Waals surface area contributed by atoms with Crippen molar-refractivity contribution in [2.75, 3.05) is 12.8 Å². The van der Waals surface area contributed by atoms with Gasteiger partial charge in [-0.3, -0.25) is 9.59 Å². The average molecular weight is 209 g/mol. The molecule has 76 valence electrons. The Hall–Kier alpha value is -1.11. The predicted octanol–water partition coefficient (Wildman–Crippen LogP) is -0.358. The monoisotopic (exact) mass is 209 g/mol. The third-order valence-electron chi connectivity index (χ3n) is 1.54. The van der Waals surface area contributed by atoms with Crippen LogP contribution in [0.1, 0.15) is 6.92 Å². The molecule has 0 aliphatic carbocycles. The third kappa shape index (κ3) is 3.02. The van der Waals surface area contributed by atoms with Crippen LogP contribution < -0.4 is 0 Å². The molecule has 2 unspecified atom stereocenters. The molecule has 0 fully saturated rings. The molecule has 0 bridgehead atoms. The van der Waals surface area contributed by atoms with Gasteiger partial charge >= 0.3 is 11.9 Å². The second kappa shape index (κ2) is 4.22. The number of nitrogens with zero attached hydrogens (tertiary/aromatic N) is 1. The largest absolute Gasteiger partial charge is 0.481 e. The Bertz CT molecular complexity index is 328. The van der Waals surface area contributed by atoms with Gasteiger partial charge in [0, 0.05) is 7.05 Å². The molecule has 6 nitrogen and oxygen atoms in total. The lowest BCUT2D eigenvalue weighted by molar-refractivity contribution is -0.136. The van der Waals surface area contributed by atoms with Gasteiger partial charge in [0.05, 0.1) is 9.73 Å². The van der Waals surface area contributed by atoms with E-state index in [4.69, 9.17) is 10.2 Å². The van der Waals surface area contributed by atoms with Crippen LogP contribution in [0.2, 0.25) is 0 Å². The summed E-state index contributed by atoms with van der Waals surface area (Å²) in [6.45, 7) is 1.18. The smallest absolute Gasteiger partial charge is 0.319 e. The van der Waals surface area contributed by atoms with Crippen molar-refractivity contribution in [3.8, 4) is 0 Å². The molecule has 0 aromatic rings. The van der Waals surface area contributed by atoms with E-state index in [0.717, 1.165) is 7.05 Å². The molecular formula is C6H11NO5S. The quantitative estimate of drug-likeness (QED) is 0.658. The van der Waals surface area contributed by atoms with E-state index in [1.54, 1.807) is 0 Å². The van der Waals surface area contributed by atoms with Crippen molar-refractivity contribution in [3.63, 3.8) is 0 Å². The molecule has 0 aliphatic heterocycles. The van der Waals surface area contributed by atoms with Crippen molar-refractivity contribution in [1.82, 2.24) is 0 Å². The lowest BCUT2D eigenvalue weighted by Gasteiger charge is -2.10. The SMILES string of the molecule is CN=S(=O)(CC(=O)O)C(C)C(=O)O. The van der Waals surface area contributed by atoms with Crippen molar-refractivity contribution >= 4 is 21.7 Å². The zero-order valence-electron chi connectivity index (χ0n) is 7.26. The van der Waals surface area contributed by atoms with Gasteiger partial charge in [0.15, 0.2) is 0 Å². The summed E-state index contributed by atoms with van der Waals surface area (Å²) in [4.78, 5) is 20.7. The van der Waals surface area contributed by atoms with Crippen molar-refractivity contribution in [2.45, 2.75) is 12.2 Å². The van der Waals surface area contributed by atoms with E-state index in [0.29, 0.717) is 0 Å². The average Bonchev–Trinajstić information content (AvgIpc) is 2.01. The van der Waals surface area contributed by atoms with Crippen LogP contribution in [-0.2, 0) is 19.3 Å². The molecule has 2 N–H and O–H groups in total. The standard InChI is InChI=1S/C6H11NO5S/c1-4(6(10)11)13(12,7-2)3-5(8)9/h4H,3H2,1-2H3,(H,8,9)(H,10,11). The van der Waals surface area contributed by atoms with E-state index in [9.17, 15) is 13.8 Å². The van der Waals surface area contributed by atoms with Gasteiger partial charge in [-0.1, -0.05) is 0 Å². The molecule has 0 spiro atoms. The molecule has 13 heavy (non-hydrogen) atoms. The number of carboxylic acid groups (broad SMARTS) is 2. The molecule has 0 heterocycles. The van der Waals surface area contributed by atoms with E-state index < -0.39 is 32.7 Å². The number of carbonyl (C=O) groups is 2. The number of rotatable bonds is 4. The molecule has 7 heteroatoms. The number of hydrogen-bond donors (Lipinski definition) is 2. The topological polar surface area (TPSA) is 104 Å². The molecule has 0 rings (SSSR count). The Morgan fingerprint density at radius 2 is 1.92 bits per heavy atom. The highest BCUT2D eigenvalue weighted by Crippen LogP contribution is 2.05. The highest BCUT2D eigenvalue weighted by atomic mass is 32.2. The molecular weight excluding hydrogens is 198 g/mol. The van der Waals surface area contributed by atoms with Gasteiger partial charge in [-0.15, -0.1) is 0 Å². The molecule has 0 saturated heterocycles. The molecule has 0 aliphatic rings. The summed E-state index contributed by atoms with van der Waals surface area (Å²) in [5, 5.41) is 15.6. The fourth-order valence-corrected chi connectivity index (χ4v) is 2.05. The van der Waals surface area contributed by atoms with Gasteiger partial charge in [-0.2, -0.15) is 0 Å². The van der Waals surface area contributed by atoms with Crippen molar-refractivity contribution in [3.05, 3.63) is 0 Å². The van der Waals surface area contributed by atoms with Gasteiger partial charge in [-0.25, -0.2) is 8.57 Å². The number of carboxylic acids is 2. The van der Waals surface area contributed by atoms with Crippen LogP contribution in [0, 0.1) is 0 Å². The first-order valence-electron chi connectivity index (χ1n) is 3.40. The van der Waals surface area contributed by atoms with Gasteiger partial charge in [0.25, 0.3) is 0 Å². The highest BCUT2D eigenvalue weighted by molar-refractivity contribution is 7.95. The second-order valence-corrected chi connectivity index (χ2v) is 5.13. The summed E-state index contributed by atoms with van der Waals surface area (Å²) in [6.07, 6.45) is 0. The Labute approximate surface area is 75.8 Å². The van der Waals surface area contributed by atoms with Crippen molar-refractivity contribution < 1.29 is 24.0 Å². The Morgan fingerprint density at radius 1 is 1.46 bits per heavy atom. The lowest BCUT2D eigenvalue weighted by Crippen LogP contribution is -2.31. The van der Waals surface area contributed by atoms with Crippen LogP contribution in [0.15, 0.2) is 4.36 Å². The fourth-order valence-electron chi connectivity index (χ4n) is 0.682. The summed E-state index contributed by atoms with van der Waals surface area (Å²) in [7, 11) is -2.02. The van der Waals surface area contributed by atoms with Crippen molar-refractivity contribution in [2.24, 2.45) is 4.36 Å². The first-order valence-corrected chi connectivity index (χ1v) is 5.14. The molecule has 2 atom stereocenters. The first-order chi connectivity index (χ1) is 5.83. The van der Waals surface area contributed by atoms with E-state index in [1.165, 1.54) is 6.92 Å². The molecule has 0 aromatic heterocycles. The summed E-state index contributed by atoms with van der Waals surface area (Å²) in [5.74, 6) is -3.36. The van der Waals surface area contributed by atoms with Gasteiger partial charge < -0.3 is 10.2 Å². The minimum absolute atomic E-state index is 0.739. The maximum absolute atomic E-state index is 11.6. The van der Waals surface area contributed by atoms with E-state index in [-0.39, 0.29) is 0 Å². The fraction of sp³-hybridized carbons (Fsp3) is 0.667. The third-order valence-corrected chi connectivity index (χ3v) is 4.12. The minimum Gasteiger partial charge on any atom is -0.481 e. The summed E-state index contributed by atoms with van der Waals surface area (Å²) >= 11 is 0. The summed E-state index contributed by atoms with van der Waals surface area (Å²) < 4.78 is 14.9. The molecule has 0 amide bonds. The van der Waals surface area contributed by atoms with E-state index in [1.807, 2.05) is 0 Å². The van der Waals surface area contributed by atoms with Crippen LogP contribution in [0.5, 0.6) is 0 Å². The molecule has 0 saturated carbocycles. The van der Waals surface area contributed by atoms with Crippen molar-refractivity contribution in [1.29, 1.82) is 0 Å². The van der Waals surface area contributed by atoms with E-state index >= 15 is 0 Å². The van der Waals surface area contributed by atoms with Gasteiger partial charge in [0.2, 0.25) is 0 Å². The normalized spacial score (nSPS) is 17.1. The van der Waals surface area contributed by atoms with Gasteiger partial charge in [0.1, 0.15) is 11.0 Å². The van der Waals surface area contributed by atoms with Crippen LogP contribution in [-0.4, -0.2) is 44.4 Å². The van der Waals surface area contributed by atoms with Crippen LogP contribution in [0.3, 0.4) is 0 Å². The lowest BCUT2D eigenvalue weighted by atomic mass is 10.5. The molecule has 0 aromatic carbocycles. The minimum atomic E-state index is -3.18.